The Morgan fingerprint density at radius 2 is 1.79 bits per heavy atom. The van der Waals surface area contributed by atoms with Crippen LogP contribution in [0.5, 0.6) is 11.5 Å². The summed E-state index contributed by atoms with van der Waals surface area (Å²) in [5, 5.41) is 3.14. The number of rotatable bonds is 7. The molecule has 1 aromatic carbocycles. The Morgan fingerprint density at radius 1 is 1.06 bits per heavy atom. The SMILES string of the molecule is COc1ccc(OC(C)(C)C(=O)N2CCC[C@@H](c3ccc(Nc4ncccn4)cn3)C2)cc1. The van der Waals surface area contributed by atoms with Crippen molar-refractivity contribution in [2.75, 3.05) is 25.5 Å². The molecule has 0 spiro atoms. The molecule has 8 nitrogen and oxygen atoms in total. The van der Waals surface area contributed by atoms with Crippen LogP contribution in [-0.2, 0) is 4.79 Å². The van der Waals surface area contributed by atoms with Gasteiger partial charge >= 0.3 is 0 Å². The van der Waals surface area contributed by atoms with Gasteiger partial charge in [0.25, 0.3) is 5.91 Å². The lowest BCUT2D eigenvalue weighted by atomic mass is 9.93. The van der Waals surface area contributed by atoms with Crippen molar-refractivity contribution < 1.29 is 14.3 Å². The van der Waals surface area contributed by atoms with Crippen LogP contribution < -0.4 is 14.8 Å². The molecule has 1 atom stereocenters. The van der Waals surface area contributed by atoms with Crippen LogP contribution in [0.1, 0.15) is 38.3 Å². The topological polar surface area (TPSA) is 89.5 Å². The molecule has 0 aliphatic carbocycles. The molecule has 33 heavy (non-hydrogen) atoms. The number of anilines is 2. The van der Waals surface area contributed by atoms with Crippen LogP contribution >= 0.6 is 0 Å². The maximum atomic E-state index is 13.3. The van der Waals surface area contributed by atoms with E-state index in [1.165, 1.54) is 0 Å². The average molecular weight is 448 g/mol. The fraction of sp³-hybridized carbons (Fsp3) is 0.360. The molecule has 0 saturated carbocycles. The zero-order valence-corrected chi connectivity index (χ0v) is 19.2. The van der Waals surface area contributed by atoms with Gasteiger partial charge < -0.3 is 19.7 Å². The number of nitrogens with zero attached hydrogens (tertiary/aromatic N) is 4. The Morgan fingerprint density at radius 3 is 2.45 bits per heavy atom. The van der Waals surface area contributed by atoms with E-state index in [-0.39, 0.29) is 11.8 Å². The van der Waals surface area contributed by atoms with Crippen molar-refractivity contribution in [3.63, 3.8) is 0 Å². The highest BCUT2D eigenvalue weighted by molar-refractivity contribution is 5.85. The van der Waals surface area contributed by atoms with E-state index in [9.17, 15) is 4.79 Å². The van der Waals surface area contributed by atoms with Crippen LogP contribution in [-0.4, -0.2) is 51.6 Å². The number of aromatic nitrogens is 3. The molecule has 2 aromatic heterocycles. The van der Waals surface area contributed by atoms with Gasteiger partial charge in [0.15, 0.2) is 5.60 Å². The van der Waals surface area contributed by atoms with Crippen molar-refractivity contribution in [3.05, 3.63) is 66.7 Å². The van der Waals surface area contributed by atoms with Gasteiger partial charge in [-0.25, -0.2) is 9.97 Å². The second-order valence-electron chi connectivity index (χ2n) is 8.55. The maximum absolute atomic E-state index is 13.3. The van der Waals surface area contributed by atoms with E-state index in [1.807, 2.05) is 55.1 Å². The summed E-state index contributed by atoms with van der Waals surface area (Å²) in [5.41, 5.74) is 0.816. The number of carbonyl (C=O) groups excluding carboxylic acids is 1. The van der Waals surface area contributed by atoms with Gasteiger partial charge in [0.2, 0.25) is 5.95 Å². The fourth-order valence-electron chi connectivity index (χ4n) is 3.98. The number of carbonyl (C=O) groups is 1. The van der Waals surface area contributed by atoms with Crippen molar-refractivity contribution in [3.8, 4) is 11.5 Å². The highest BCUT2D eigenvalue weighted by Gasteiger charge is 2.37. The van der Waals surface area contributed by atoms with E-state index >= 15 is 0 Å². The van der Waals surface area contributed by atoms with Crippen molar-refractivity contribution >= 4 is 17.5 Å². The number of benzene rings is 1. The second kappa shape index (κ2) is 9.85. The molecule has 1 fully saturated rings. The standard InChI is InChI=1S/C25H29N5O3/c1-25(2,33-21-10-8-20(32-3)9-11-21)23(31)30-15-4-6-18(17-30)22-12-7-19(16-28-22)29-24-26-13-5-14-27-24/h5,7-14,16,18H,4,6,15,17H2,1-3H3,(H,26,27,29)/t18-/m1/s1. The highest BCUT2D eigenvalue weighted by Crippen LogP contribution is 2.29. The number of amides is 1. The molecule has 1 aliphatic heterocycles. The van der Waals surface area contributed by atoms with Gasteiger partial charge in [-0.3, -0.25) is 9.78 Å². The Bertz CT molecular complexity index is 1060. The number of piperidine rings is 1. The van der Waals surface area contributed by atoms with Gasteiger partial charge in [-0.2, -0.15) is 0 Å². The van der Waals surface area contributed by atoms with Crippen LogP contribution in [0.4, 0.5) is 11.6 Å². The third-order valence-corrected chi connectivity index (χ3v) is 5.68. The number of likely N-dealkylation sites (tertiary alicyclic amines) is 1. The van der Waals surface area contributed by atoms with Gasteiger partial charge in [0, 0.05) is 37.1 Å². The largest absolute Gasteiger partial charge is 0.497 e. The summed E-state index contributed by atoms with van der Waals surface area (Å²) in [6.45, 7) is 4.96. The minimum absolute atomic E-state index is 0.0254. The first-order chi connectivity index (χ1) is 15.9. The van der Waals surface area contributed by atoms with Gasteiger partial charge in [-0.15, -0.1) is 0 Å². The maximum Gasteiger partial charge on any atom is 0.266 e. The lowest BCUT2D eigenvalue weighted by molar-refractivity contribution is -0.146. The molecule has 8 heteroatoms. The number of ether oxygens (including phenoxy) is 2. The van der Waals surface area contributed by atoms with E-state index in [1.54, 1.807) is 31.8 Å². The Hall–Kier alpha value is -3.68. The molecule has 1 amide bonds. The van der Waals surface area contributed by atoms with E-state index in [2.05, 4.69) is 20.3 Å². The quantitative estimate of drug-likeness (QED) is 0.581. The lowest BCUT2D eigenvalue weighted by Gasteiger charge is -2.37. The molecule has 1 N–H and O–H groups in total. The highest BCUT2D eigenvalue weighted by atomic mass is 16.5. The van der Waals surface area contributed by atoms with Gasteiger partial charge in [0.05, 0.1) is 19.0 Å². The molecule has 0 bridgehead atoms. The molecule has 172 valence electrons. The number of methoxy groups -OCH3 is 1. The molecule has 3 heterocycles. The molecule has 0 radical (unpaired) electrons. The predicted molar refractivity (Wildman–Crippen MR) is 126 cm³/mol. The normalized spacial score (nSPS) is 16.2. The summed E-state index contributed by atoms with van der Waals surface area (Å²) >= 11 is 0. The first kappa shape index (κ1) is 22.5. The van der Waals surface area contributed by atoms with E-state index in [4.69, 9.17) is 9.47 Å². The second-order valence-corrected chi connectivity index (χ2v) is 8.55. The minimum atomic E-state index is -0.979. The predicted octanol–water partition coefficient (Wildman–Crippen LogP) is 4.19. The molecule has 4 rings (SSSR count). The minimum Gasteiger partial charge on any atom is -0.497 e. The molecule has 3 aromatic rings. The lowest BCUT2D eigenvalue weighted by Crippen LogP contribution is -2.51. The molecular formula is C25H29N5O3. The molecule has 0 unspecified atom stereocenters. The average Bonchev–Trinajstić information content (AvgIpc) is 2.85. The zero-order chi connectivity index (χ0) is 23.3. The molecular weight excluding hydrogens is 418 g/mol. The van der Waals surface area contributed by atoms with Gasteiger partial charge in [0.1, 0.15) is 11.5 Å². The summed E-state index contributed by atoms with van der Waals surface area (Å²) in [6.07, 6.45) is 7.07. The third kappa shape index (κ3) is 5.58. The fourth-order valence-corrected chi connectivity index (χ4v) is 3.98. The van der Waals surface area contributed by atoms with E-state index < -0.39 is 5.60 Å². The van der Waals surface area contributed by atoms with Crippen molar-refractivity contribution in [2.24, 2.45) is 0 Å². The van der Waals surface area contributed by atoms with Crippen molar-refractivity contribution in [1.82, 2.24) is 19.9 Å². The van der Waals surface area contributed by atoms with Crippen molar-refractivity contribution in [1.29, 1.82) is 0 Å². The Balaban J connectivity index is 1.39. The number of pyridine rings is 1. The smallest absolute Gasteiger partial charge is 0.266 e. The van der Waals surface area contributed by atoms with E-state index in [0.717, 1.165) is 36.5 Å². The summed E-state index contributed by atoms with van der Waals surface area (Å²) in [7, 11) is 1.62. The first-order valence-corrected chi connectivity index (χ1v) is 11.1. The summed E-state index contributed by atoms with van der Waals surface area (Å²) in [5.74, 6) is 2.06. The summed E-state index contributed by atoms with van der Waals surface area (Å²) < 4.78 is 11.2. The van der Waals surface area contributed by atoms with Crippen LogP contribution in [0, 0.1) is 0 Å². The molecule has 1 saturated heterocycles. The van der Waals surface area contributed by atoms with Crippen LogP contribution in [0.15, 0.2) is 61.1 Å². The van der Waals surface area contributed by atoms with Crippen LogP contribution in [0.2, 0.25) is 0 Å². The Kier molecular flexibility index (Phi) is 6.72. The van der Waals surface area contributed by atoms with Gasteiger partial charge in [-0.1, -0.05) is 0 Å². The third-order valence-electron chi connectivity index (χ3n) is 5.68. The van der Waals surface area contributed by atoms with Crippen LogP contribution in [0.3, 0.4) is 0 Å². The molecule has 1 aliphatic rings. The van der Waals surface area contributed by atoms with Gasteiger partial charge in [-0.05, 0) is 69.2 Å². The number of nitrogens with one attached hydrogen (secondary N) is 1. The zero-order valence-electron chi connectivity index (χ0n) is 19.2. The summed E-state index contributed by atoms with van der Waals surface area (Å²) in [4.78, 5) is 28.2. The first-order valence-electron chi connectivity index (χ1n) is 11.1. The van der Waals surface area contributed by atoms with Crippen LogP contribution in [0.25, 0.3) is 0 Å². The van der Waals surface area contributed by atoms with E-state index in [0.29, 0.717) is 18.2 Å². The number of hydrogen-bond donors (Lipinski definition) is 1. The monoisotopic (exact) mass is 447 g/mol. The Labute approximate surface area is 194 Å². The van der Waals surface area contributed by atoms with Crippen molar-refractivity contribution in [2.45, 2.75) is 38.2 Å². The summed E-state index contributed by atoms with van der Waals surface area (Å²) in [6, 6.07) is 13.0. The number of hydrogen-bond acceptors (Lipinski definition) is 7.